The van der Waals surface area contributed by atoms with Crippen LogP contribution < -0.4 is 11.1 Å². The highest BCUT2D eigenvalue weighted by atomic mass is 16.5. The van der Waals surface area contributed by atoms with Crippen molar-refractivity contribution < 1.29 is 14.6 Å². The molecule has 0 radical (unpaired) electrons. The number of aliphatic carboxylic acids is 1. The van der Waals surface area contributed by atoms with E-state index in [1.165, 1.54) is 0 Å². The normalized spacial score (nSPS) is 18.5. The maximum Gasteiger partial charge on any atom is 0.307 e. The zero-order valence-electron chi connectivity index (χ0n) is 9.48. The van der Waals surface area contributed by atoms with Gasteiger partial charge in [0.15, 0.2) is 0 Å². The van der Waals surface area contributed by atoms with Gasteiger partial charge in [-0.15, -0.1) is 0 Å². The van der Waals surface area contributed by atoms with Crippen molar-refractivity contribution in [1.82, 2.24) is 0 Å². The number of nitrogens with two attached hydrogens (primary N) is 1. The maximum atomic E-state index is 10.6. The fourth-order valence-electron chi connectivity index (χ4n) is 1.73. The fourth-order valence-corrected chi connectivity index (χ4v) is 1.73. The first-order chi connectivity index (χ1) is 8.15. The van der Waals surface area contributed by atoms with Crippen molar-refractivity contribution in [1.29, 1.82) is 0 Å². The van der Waals surface area contributed by atoms with Gasteiger partial charge in [-0.1, -0.05) is 6.07 Å². The Morgan fingerprint density at radius 3 is 2.88 bits per heavy atom. The number of ether oxygens (including phenoxy) is 1. The van der Waals surface area contributed by atoms with Crippen LogP contribution >= 0.6 is 0 Å². The zero-order chi connectivity index (χ0) is 12.3. The summed E-state index contributed by atoms with van der Waals surface area (Å²) in [6.07, 6.45) is 1.34. The molecule has 1 aliphatic heterocycles. The first kappa shape index (κ1) is 11.7. The molecule has 92 valence electrons. The summed E-state index contributed by atoms with van der Waals surface area (Å²) in [5, 5.41) is 11.9. The Kier molecular flexibility index (Phi) is 3.49. The third kappa shape index (κ3) is 3.10. The number of benzene rings is 1. The average Bonchev–Trinajstić information content (AvgIpc) is 2.17. The van der Waals surface area contributed by atoms with Gasteiger partial charge in [0, 0.05) is 13.2 Å². The van der Waals surface area contributed by atoms with E-state index < -0.39 is 5.97 Å². The first-order valence-electron chi connectivity index (χ1n) is 5.61. The highest BCUT2D eigenvalue weighted by Crippen LogP contribution is 2.21. The number of carboxylic acids is 1. The van der Waals surface area contributed by atoms with E-state index in [0.29, 0.717) is 11.3 Å². The van der Waals surface area contributed by atoms with Crippen LogP contribution in [0.15, 0.2) is 18.2 Å². The summed E-state index contributed by atoms with van der Waals surface area (Å²) in [6.45, 7) is 1.57. The third-order valence-corrected chi connectivity index (χ3v) is 2.78. The van der Waals surface area contributed by atoms with Gasteiger partial charge < -0.3 is 20.9 Å². The minimum Gasteiger partial charge on any atom is -0.481 e. The predicted octanol–water partition coefficient (Wildman–Crippen LogP) is 1.10. The number of carboxylic acid groups (broad SMARTS) is 1. The average molecular weight is 236 g/mol. The summed E-state index contributed by atoms with van der Waals surface area (Å²) in [5.74, 6) is -0.854. The molecule has 1 fully saturated rings. The van der Waals surface area contributed by atoms with Gasteiger partial charge in [0.1, 0.15) is 0 Å². The van der Waals surface area contributed by atoms with Crippen LogP contribution in [0.4, 0.5) is 11.4 Å². The third-order valence-electron chi connectivity index (χ3n) is 2.78. The van der Waals surface area contributed by atoms with E-state index in [2.05, 4.69) is 5.32 Å². The molecule has 1 aliphatic rings. The lowest BCUT2D eigenvalue weighted by Gasteiger charge is -2.27. The number of carbonyl (C=O) groups is 1. The van der Waals surface area contributed by atoms with Crippen molar-refractivity contribution in [2.45, 2.75) is 18.9 Å². The minimum absolute atomic E-state index is 0.00375. The van der Waals surface area contributed by atoms with Crippen LogP contribution in [0.1, 0.15) is 12.0 Å². The van der Waals surface area contributed by atoms with Crippen LogP contribution in [0.2, 0.25) is 0 Å². The number of rotatable bonds is 5. The van der Waals surface area contributed by atoms with E-state index in [1.54, 1.807) is 12.1 Å². The number of hydrogen-bond acceptors (Lipinski definition) is 4. The first-order valence-corrected chi connectivity index (χ1v) is 5.61. The monoisotopic (exact) mass is 236 g/mol. The zero-order valence-corrected chi connectivity index (χ0v) is 9.48. The Morgan fingerprint density at radius 1 is 1.59 bits per heavy atom. The molecule has 4 N–H and O–H groups in total. The van der Waals surface area contributed by atoms with Crippen LogP contribution in [0.25, 0.3) is 0 Å². The summed E-state index contributed by atoms with van der Waals surface area (Å²) in [4.78, 5) is 10.6. The SMILES string of the molecule is Nc1cc(CC(=O)O)ccc1NCC1CCO1. The second-order valence-electron chi connectivity index (χ2n) is 4.15. The molecule has 0 aliphatic carbocycles. The van der Waals surface area contributed by atoms with Gasteiger partial charge in [0.05, 0.1) is 23.9 Å². The Hall–Kier alpha value is -1.75. The number of anilines is 2. The number of nitrogen functional groups attached to an aromatic ring is 1. The lowest BCUT2D eigenvalue weighted by molar-refractivity contribution is -0.136. The smallest absolute Gasteiger partial charge is 0.307 e. The Balaban J connectivity index is 1.95. The molecule has 0 amide bonds. The van der Waals surface area contributed by atoms with E-state index in [9.17, 15) is 4.79 Å². The summed E-state index contributed by atoms with van der Waals surface area (Å²) < 4.78 is 5.29. The van der Waals surface area contributed by atoms with E-state index >= 15 is 0 Å². The molecule has 0 bridgehead atoms. The minimum atomic E-state index is -0.854. The molecule has 1 heterocycles. The lowest BCUT2D eigenvalue weighted by atomic mass is 10.1. The molecule has 17 heavy (non-hydrogen) atoms. The molecule has 1 unspecified atom stereocenters. The molecule has 2 rings (SSSR count). The topological polar surface area (TPSA) is 84.6 Å². The van der Waals surface area contributed by atoms with Crippen LogP contribution in [0.3, 0.4) is 0 Å². The summed E-state index contributed by atoms with van der Waals surface area (Å²) in [7, 11) is 0. The van der Waals surface area contributed by atoms with Crippen LogP contribution in [-0.2, 0) is 16.0 Å². The lowest BCUT2D eigenvalue weighted by Crippen LogP contribution is -2.33. The Labute approximate surface area is 99.6 Å². The van der Waals surface area contributed by atoms with Gasteiger partial charge in [-0.25, -0.2) is 0 Å². The van der Waals surface area contributed by atoms with Gasteiger partial charge in [0.25, 0.3) is 0 Å². The van der Waals surface area contributed by atoms with Crippen molar-refractivity contribution in [3.05, 3.63) is 23.8 Å². The summed E-state index contributed by atoms with van der Waals surface area (Å²) >= 11 is 0. The van der Waals surface area contributed by atoms with Gasteiger partial charge in [-0.05, 0) is 24.1 Å². The van der Waals surface area contributed by atoms with Crippen molar-refractivity contribution in [2.24, 2.45) is 0 Å². The molecule has 0 aromatic heterocycles. The van der Waals surface area contributed by atoms with E-state index in [4.69, 9.17) is 15.6 Å². The van der Waals surface area contributed by atoms with Crippen molar-refractivity contribution in [3.63, 3.8) is 0 Å². The van der Waals surface area contributed by atoms with E-state index in [1.807, 2.05) is 6.07 Å². The van der Waals surface area contributed by atoms with Crippen molar-refractivity contribution in [3.8, 4) is 0 Å². The van der Waals surface area contributed by atoms with Crippen LogP contribution in [0, 0.1) is 0 Å². The molecule has 5 nitrogen and oxygen atoms in total. The highest BCUT2D eigenvalue weighted by molar-refractivity contribution is 5.73. The van der Waals surface area contributed by atoms with Gasteiger partial charge in [-0.2, -0.15) is 0 Å². The van der Waals surface area contributed by atoms with E-state index in [0.717, 1.165) is 25.3 Å². The second kappa shape index (κ2) is 5.05. The maximum absolute atomic E-state index is 10.6. The quantitative estimate of drug-likeness (QED) is 0.666. The van der Waals surface area contributed by atoms with Gasteiger partial charge in [0.2, 0.25) is 0 Å². The molecule has 0 spiro atoms. The summed E-state index contributed by atoms with van der Waals surface area (Å²) in [6, 6.07) is 5.28. The predicted molar refractivity (Wildman–Crippen MR) is 65.0 cm³/mol. The Bertz CT molecular complexity index is 416. The molecule has 1 atom stereocenters. The standard InChI is InChI=1S/C12H16N2O3/c13-10-5-8(6-12(15)16)1-2-11(10)14-7-9-3-4-17-9/h1-2,5,9,14H,3-4,6-7,13H2,(H,15,16). The fraction of sp³-hybridized carbons (Fsp3) is 0.417. The molecular formula is C12H16N2O3. The second-order valence-corrected chi connectivity index (χ2v) is 4.15. The Morgan fingerprint density at radius 2 is 2.35 bits per heavy atom. The number of hydrogen-bond donors (Lipinski definition) is 3. The van der Waals surface area contributed by atoms with Crippen molar-refractivity contribution in [2.75, 3.05) is 24.2 Å². The summed E-state index contributed by atoms with van der Waals surface area (Å²) in [5.41, 5.74) is 7.96. The molecule has 5 heteroatoms. The molecular weight excluding hydrogens is 220 g/mol. The molecule has 1 aromatic carbocycles. The molecule has 1 saturated heterocycles. The van der Waals surface area contributed by atoms with Gasteiger partial charge in [-0.3, -0.25) is 4.79 Å². The van der Waals surface area contributed by atoms with Crippen LogP contribution in [0.5, 0.6) is 0 Å². The molecule has 1 aromatic rings. The van der Waals surface area contributed by atoms with Crippen molar-refractivity contribution >= 4 is 17.3 Å². The number of nitrogens with one attached hydrogen (secondary N) is 1. The van der Waals surface area contributed by atoms with Gasteiger partial charge >= 0.3 is 5.97 Å². The van der Waals surface area contributed by atoms with Crippen LogP contribution in [-0.4, -0.2) is 30.3 Å². The van der Waals surface area contributed by atoms with E-state index in [-0.39, 0.29) is 12.5 Å². The molecule has 0 saturated carbocycles. The highest BCUT2D eigenvalue weighted by Gasteiger charge is 2.17. The largest absolute Gasteiger partial charge is 0.481 e.